The molecule has 0 radical (unpaired) electrons. The van der Waals surface area contributed by atoms with E-state index in [0.717, 1.165) is 48.3 Å². The van der Waals surface area contributed by atoms with Crippen LogP contribution >= 0.6 is 11.5 Å². The first-order valence-electron chi connectivity index (χ1n) is 8.91. The van der Waals surface area contributed by atoms with Crippen LogP contribution in [0.3, 0.4) is 0 Å². The van der Waals surface area contributed by atoms with E-state index in [1.165, 1.54) is 11.5 Å². The summed E-state index contributed by atoms with van der Waals surface area (Å²) < 4.78 is 4.44. The highest BCUT2D eigenvalue weighted by atomic mass is 32.1. The molecule has 3 N–H and O–H groups in total. The van der Waals surface area contributed by atoms with Crippen molar-refractivity contribution in [3.63, 3.8) is 0 Å². The van der Waals surface area contributed by atoms with Gasteiger partial charge in [-0.3, -0.25) is 4.79 Å². The largest absolute Gasteiger partial charge is 0.369 e. The van der Waals surface area contributed by atoms with E-state index in [1.807, 2.05) is 12.3 Å². The zero-order valence-corrected chi connectivity index (χ0v) is 16.3. The Kier molecular flexibility index (Phi) is 5.41. The molecule has 1 fully saturated rings. The van der Waals surface area contributed by atoms with Crippen LogP contribution in [0.25, 0.3) is 0 Å². The van der Waals surface area contributed by atoms with Gasteiger partial charge in [-0.25, -0.2) is 9.97 Å². The minimum absolute atomic E-state index is 0.0197. The molecule has 0 unspecified atom stereocenters. The lowest BCUT2D eigenvalue weighted by Crippen LogP contribution is -2.39. The van der Waals surface area contributed by atoms with Crippen LogP contribution in [0.5, 0.6) is 0 Å². The van der Waals surface area contributed by atoms with Crippen molar-refractivity contribution in [3.8, 4) is 0 Å². The summed E-state index contributed by atoms with van der Waals surface area (Å²) in [5, 5.41) is 4.18. The topological polar surface area (TPSA) is 97.0 Å². The van der Waals surface area contributed by atoms with Crippen molar-refractivity contribution in [2.75, 3.05) is 23.3 Å². The molecule has 3 rings (SSSR count). The van der Waals surface area contributed by atoms with Gasteiger partial charge in [0.05, 0.1) is 0 Å². The van der Waals surface area contributed by atoms with Crippen LogP contribution in [-0.4, -0.2) is 33.3 Å². The summed E-state index contributed by atoms with van der Waals surface area (Å²) in [5.41, 5.74) is 6.48. The molecule has 1 aliphatic heterocycles. The Bertz CT molecular complexity index is 761. The van der Waals surface area contributed by atoms with Crippen LogP contribution in [0.2, 0.25) is 0 Å². The average Bonchev–Trinajstić information content (AvgIpc) is 3.10. The quantitative estimate of drug-likeness (QED) is 0.835. The molecule has 0 aromatic carbocycles. The van der Waals surface area contributed by atoms with Gasteiger partial charge in [0, 0.05) is 54.3 Å². The molecular formula is C18H26N6OS. The molecule has 7 nitrogen and oxygen atoms in total. The number of amides is 1. The van der Waals surface area contributed by atoms with E-state index < -0.39 is 0 Å². The van der Waals surface area contributed by atoms with Crippen LogP contribution in [0.4, 0.5) is 10.9 Å². The molecule has 0 saturated carbocycles. The standard InChI is InChI=1S/C18H26N6OS/c1-18(2,3)16-22-17(26-23-16)21-11-13-5-4-8-20-15(13)24-9-6-12(7-10-24)14(19)25/h4-5,8,12H,6-7,9-11H2,1-3H3,(H2,19,25)(H,21,22,23). The number of hydrogen-bond donors (Lipinski definition) is 2. The minimum atomic E-state index is -0.196. The fraction of sp³-hybridized carbons (Fsp3) is 0.556. The van der Waals surface area contributed by atoms with Crippen LogP contribution in [0.15, 0.2) is 18.3 Å². The number of aromatic nitrogens is 3. The second-order valence-electron chi connectivity index (χ2n) is 7.68. The minimum Gasteiger partial charge on any atom is -0.369 e. The van der Waals surface area contributed by atoms with Gasteiger partial charge in [-0.15, -0.1) is 0 Å². The third-order valence-corrected chi connectivity index (χ3v) is 5.26. The van der Waals surface area contributed by atoms with Crippen molar-refractivity contribution in [2.45, 2.75) is 45.6 Å². The van der Waals surface area contributed by atoms with E-state index >= 15 is 0 Å². The Morgan fingerprint density at radius 3 is 2.73 bits per heavy atom. The third-order valence-electron chi connectivity index (χ3n) is 4.59. The molecule has 26 heavy (non-hydrogen) atoms. The summed E-state index contributed by atoms with van der Waals surface area (Å²) in [6.07, 6.45) is 3.37. The van der Waals surface area contributed by atoms with Gasteiger partial charge in [-0.1, -0.05) is 26.8 Å². The highest BCUT2D eigenvalue weighted by Crippen LogP contribution is 2.26. The molecule has 0 atom stereocenters. The first-order valence-corrected chi connectivity index (χ1v) is 9.68. The summed E-state index contributed by atoms with van der Waals surface area (Å²) in [6, 6.07) is 4.01. The number of rotatable bonds is 5. The Balaban J connectivity index is 1.66. The van der Waals surface area contributed by atoms with Gasteiger partial charge in [0.2, 0.25) is 11.0 Å². The highest BCUT2D eigenvalue weighted by Gasteiger charge is 2.25. The summed E-state index contributed by atoms with van der Waals surface area (Å²) in [7, 11) is 0. The van der Waals surface area contributed by atoms with E-state index in [9.17, 15) is 4.79 Å². The Hall–Kier alpha value is -2.22. The van der Waals surface area contributed by atoms with Gasteiger partial charge in [0.15, 0.2) is 0 Å². The summed E-state index contributed by atoms with van der Waals surface area (Å²) in [6.45, 7) is 8.54. The maximum Gasteiger partial charge on any atom is 0.220 e. The second-order valence-corrected chi connectivity index (χ2v) is 8.43. The lowest BCUT2D eigenvalue weighted by Gasteiger charge is -2.32. The van der Waals surface area contributed by atoms with Gasteiger partial charge in [-0.2, -0.15) is 4.37 Å². The predicted molar refractivity (Wildman–Crippen MR) is 104 cm³/mol. The second kappa shape index (κ2) is 7.57. The van der Waals surface area contributed by atoms with Gasteiger partial charge in [0.1, 0.15) is 11.6 Å². The van der Waals surface area contributed by atoms with Gasteiger partial charge in [-0.05, 0) is 18.9 Å². The number of nitrogens with two attached hydrogens (primary N) is 1. The lowest BCUT2D eigenvalue weighted by atomic mass is 9.96. The molecule has 1 saturated heterocycles. The Morgan fingerprint density at radius 2 is 2.12 bits per heavy atom. The number of nitrogens with zero attached hydrogens (tertiary/aromatic N) is 4. The Labute approximate surface area is 158 Å². The number of hydrogen-bond acceptors (Lipinski definition) is 7. The molecule has 1 aliphatic rings. The normalized spacial score (nSPS) is 15.9. The zero-order valence-electron chi connectivity index (χ0n) is 15.5. The molecule has 2 aromatic heterocycles. The number of pyridine rings is 1. The SMILES string of the molecule is CC(C)(C)c1nsc(NCc2cccnc2N2CCC(C(N)=O)CC2)n1. The predicted octanol–water partition coefficient (Wildman–Crippen LogP) is 2.54. The van der Waals surface area contributed by atoms with Crippen LogP contribution in [0.1, 0.15) is 45.0 Å². The molecule has 0 bridgehead atoms. The summed E-state index contributed by atoms with van der Waals surface area (Å²) in [4.78, 5) is 22.7. The monoisotopic (exact) mass is 374 g/mol. The highest BCUT2D eigenvalue weighted by molar-refractivity contribution is 7.09. The van der Waals surface area contributed by atoms with E-state index in [1.54, 1.807) is 0 Å². The van der Waals surface area contributed by atoms with Gasteiger partial charge in [0.25, 0.3) is 0 Å². The van der Waals surface area contributed by atoms with Crippen molar-refractivity contribution in [1.29, 1.82) is 0 Å². The fourth-order valence-corrected chi connectivity index (χ4v) is 3.75. The van der Waals surface area contributed by atoms with E-state index in [0.29, 0.717) is 6.54 Å². The van der Waals surface area contributed by atoms with Gasteiger partial charge >= 0.3 is 0 Å². The van der Waals surface area contributed by atoms with E-state index in [2.05, 4.69) is 51.4 Å². The number of primary amides is 1. The molecule has 0 aliphatic carbocycles. The van der Waals surface area contributed by atoms with Crippen molar-refractivity contribution >= 4 is 28.4 Å². The maximum absolute atomic E-state index is 11.4. The lowest BCUT2D eigenvalue weighted by molar-refractivity contribution is -0.122. The van der Waals surface area contributed by atoms with Gasteiger partial charge < -0.3 is 16.0 Å². The fourth-order valence-electron chi connectivity index (χ4n) is 3.00. The summed E-state index contributed by atoms with van der Waals surface area (Å²) >= 11 is 1.38. The number of piperidine rings is 1. The number of carbonyl (C=O) groups is 1. The molecule has 0 spiro atoms. The smallest absolute Gasteiger partial charge is 0.220 e. The zero-order chi connectivity index (χ0) is 18.7. The maximum atomic E-state index is 11.4. The molecule has 8 heteroatoms. The van der Waals surface area contributed by atoms with Crippen molar-refractivity contribution in [1.82, 2.24) is 14.3 Å². The molecular weight excluding hydrogens is 348 g/mol. The molecule has 1 amide bonds. The third kappa shape index (κ3) is 4.30. The van der Waals surface area contributed by atoms with Crippen molar-refractivity contribution in [3.05, 3.63) is 29.7 Å². The van der Waals surface area contributed by atoms with Crippen molar-refractivity contribution < 1.29 is 4.79 Å². The number of nitrogens with one attached hydrogen (secondary N) is 1. The molecule has 3 heterocycles. The number of anilines is 2. The Morgan fingerprint density at radius 1 is 1.38 bits per heavy atom. The molecule has 140 valence electrons. The van der Waals surface area contributed by atoms with Crippen LogP contribution in [-0.2, 0) is 16.8 Å². The average molecular weight is 375 g/mol. The van der Waals surface area contributed by atoms with E-state index in [4.69, 9.17) is 5.73 Å². The van der Waals surface area contributed by atoms with Crippen LogP contribution < -0.4 is 16.0 Å². The summed E-state index contributed by atoms with van der Waals surface area (Å²) in [5.74, 6) is 1.60. The van der Waals surface area contributed by atoms with Crippen molar-refractivity contribution in [2.24, 2.45) is 11.7 Å². The first kappa shape index (κ1) is 18.6. The first-order chi connectivity index (χ1) is 12.3. The van der Waals surface area contributed by atoms with E-state index in [-0.39, 0.29) is 17.2 Å². The molecule has 2 aromatic rings. The number of carbonyl (C=O) groups excluding carboxylic acids is 1. The van der Waals surface area contributed by atoms with Crippen LogP contribution in [0, 0.1) is 5.92 Å².